The second-order valence-corrected chi connectivity index (χ2v) is 5.73. The molecule has 1 fully saturated rings. The fourth-order valence-electron chi connectivity index (χ4n) is 2.92. The molecule has 8 nitrogen and oxygen atoms in total. The number of piperidine rings is 1. The molecule has 2 aromatic heterocycles. The van der Waals surface area contributed by atoms with Crippen molar-refractivity contribution in [2.75, 3.05) is 25.0 Å². The van der Waals surface area contributed by atoms with Gasteiger partial charge in [-0.2, -0.15) is 5.26 Å². The summed E-state index contributed by atoms with van der Waals surface area (Å²) in [6, 6.07) is 2.12. The van der Waals surface area contributed by atoms with Gasteiger partial charge in [0.1, 0.15) is 6.07 Å². The minimum Gasteiger partial charge on any atom is -0.354 e. The molecule has 23 heavy (non-hydrogen) atoms. The number of rotatable bonds is 5. The Morgan fingerprint density at radius 3 is 2.83 bits per heavy atom. The van der Waals surface area contributed by atoms with Crippen molar-refractivity contribution in [2.45, 2.75) is 25.9 Å². The van der Waals surface area contributed by atoms with E-state index in [9.17, 15) is 0 Å². The van der Waals surface area contributed by atoms with Crippen LogP contribution in [0.3, 0.4) is 0 Å². The first-order valence-corrected chi connectivity index (χ1v) is 7.80. The molecule has 1 N–H and O–H groups in total. The number of anilines is 1. The highest BCUT2D eigenvalue weighted by molar-refractivity contribution is 5.49. The van der Waals surface area contributed by atoms with Gasteiger partial charge in [0.25, 0.3) is 0 Å². The van der Waals surface area contributed by atoms with Crippen molar-refractivity contribution in [1.29, 1.82) is 5.26 Å². The van der Waals surface area contributed by atoms with Crippen molar-refractivity contribution in [1.82, 2.24) is 30.3 Å². The number of nitrogens with zero attached hydrogens (tertiary/aromatic N) is 7. The molecule has 0 aromatic carbocycles. The maximum absolute atomic E-state index is 9.14. The van der Waals surface area contributed by atoms with Gasteiger partial charge in [0.05, 0.1) is 5.69 Å². The topological polar surface area (TPSA) is 95.6 Å². The van der Waals surface area contributed by atoms with Gasteiger partial charge in [0, 0.05) is 44.8 Å². The molecule has 2 aromatic rings. The van der Waals surface area contributed by atoms with E-state index in [-0.39, 0.29) is 0 Å². The quantitative estimate of drug-likeness (QED) is 0.862. The van der Waals surface area contributed by atoms with Crippen molar-refractivity contribution in [3.63, 3.8) is 0 Å². The smallest absolute Gasteiger partial charge is 0.183 e. The molecule has 0 saturated carbocycles. The Kier molecular flexibility index (Phi) is 4.78. The lowest BCUT2D eigenvalue weighted by molar-refractivity contribution is 0.338. The molecule has 0 atom stereocenters. The average Bonchev–Trinajstić information content (AvgIpc) is 3.03. The first-order valence-electron chi connectivity index (χ1n) is 7.80. The van der Waals surface area contributed by atoms with E-state index in [1.807, 2.05) is 17.9 Å². The summed E-state index contributed by atoms with van der Waals surface area (Å²) in [7, 11) is 1.90. The molecule has 8 heteroatoms. The van der Waals surface area contributed by atoms with E-state index in [0.717, 1.165) is 44.7 Å². The van der Waals surface area contributed by atoms with E-state index in [1.165, 1.54) is 0 Å². The van der Waals surface area contributed by atoms with Crippen molar-refractivity contribution >= 4 is 5.82 Å². The van der Waals surface area contributed by atoms with Crippen LogP contribution in [-0.2, 0) is 13.1 Å². The van der Waals surface area contributed by atoms with E-state index >= 15 is 0 Å². The highest BCUT2D eigenvalue weighted by Crippen LogP contribution is 2.24. The van der Waals surface area contributed by atoms with Crippen LogP contribution in [0.4, 0.5) is 5.82 Å². The summed E-state index contributed by atoms with van der Waals surface area (Å²) >= 11 is 0. The number of aromatic nitrogens is 5. The van der Waals surface area contributed by atoms with E-state index in [2.05, 4.69) is 36.6 Å². The molecule has 120 valence electrons. The van der Waals surface area contributed by atoms with E-state index in [1.54, 1.807) is 12.4 Å². The van der Waals surface area contributed by atoms with Crippen molar-refractivity contribution in [2.24, 2.45) is 5.92 Å². The maximum Gasteiger partial charge on any atom is 0.183 e. The summed E-state index contributed by atoms with van der Waals surface area (Å²) in [6.45, 7) is 3.39. The van der Waals surface area contributed by atoms with Crippen LogP contribution in [0, 0.1) is 17.2 Å². The van der Waals surface area contributed by atoms with Crippen LogP contribution in [0.15, 0.2) is 18.6 Å². The van der Waals surface area contributed by atoms with E-state index in [0.29, 0.717) is 17.4 Å². The molecule has 1 saturated heterocycles. The second kappa shape index (κ2) is 7.15. The highest BCUT2D eigenvalue weighted by atomic mass is 15.4. The lowest BCUT2D eigenvalue weighted by Crippen LogP contribution is -2.36. The first kappa shape index (κ1) is 15.4. The highest BCUT2D eigenvalue weighted by Gasteiger charge is 2.23. The number of nitriles is 1. The van der Waals surface area contributed by atoms with Gasteiger partial charge in [-0.15, -0.1) is 5.10 Å². The van der Waals surface area contributed by atoms with Gasteiger partial charge in [0.2, 0.25) is 0 Å². The van der Waals surface area contributed by atoms with Crippen molar-refractivity contribution < 1.29 is 0 Å². The maximum atomic E-state index is 9.14. The molecule has 1 aliphatic heterocycles. The number of nitrogens with one attached hydrogen (secondary N) is 1. The normalized spacial score (nSPS) is 15.6. The molecular weight excluding hydrogens is 292 g/mol. The third-order valence-corrected chi connectivity index (χ3v) is 4.09. The van der Waals surface area contributed by atoms with Gasteiger partial charge >= 0.3 is 0 Å². The van der Waals surface area contributed by atoms with Crippen LogP contribution in [0.25, 0.3) is 0 Å². The van der Waals surface area contributed by atoms with Gasteiger partial charge in [0.15, 0.2) is 11.5 Å². The SMILES string of the molecule is CNCc1cn(CC2CCN(c3nccnc3C#N)CC2)nn1. The molecule has 3 rings (SSSR count). The molecule has 0 aliphatic carbocycles. The zero-order valence-electron chi connectivity index (χ0n) is 13.2. The summed E-state index contributed by atoms with van der Waals surface area (Å²) < 4.78 is 1.93. The lowest BCUT2D eigenvalue weighted by Gasteiger charge is -2.32. The zero-order chi connectivity index (χ0) is 16.1. The van der Waals surface area contributed by atoms with E-state index < -0.39 is 0 Å². The fourth-order valence-corrected chi connectivity index (χ4v) is 2.92. The summed E-state index contributed by atoms with van der Waals surface area (Å²) in [4.78, 5) is 10.5. The Labute approximate surface area is 135 Å². The van der Waals surface area contributed by atoms with Gasteiger partial charge in [-0.05, 0) is 25.8 Å². The number of hydrogen-bond donors (Lipinski definition) is 1. The second-order valence-electron chi connectivity index (χ2n) is 5.73. The fraction of sp³-hybridized carbons (Fsp3) is 0.533. The minimum absolute atomic E-state index is 0.402. The van der Waals surface area contributed by atoms with Gasteiger partial charge in [-0.3, -0.25) is 4.68 Å². The Hall–Kier alpha value is -2.53. The zero-order valence-corrected chi connectivity index (χ0v) is 13.2. The van der Waals surface area contributed by atoms with Gasteiger partial charge in [-0.1, -0.05) is 5.21 Å². The van der Waals surface area contributed by atoms with Crippen LogP contribution in [0.5, 0.6) is 0 Å². The van der Waals surface area contributed by atoms with Gasteiger partial charge < -0.3 is 10.2 Å². The monoisotopic (exact) mass is 312 g/mol. The molecule has 0 radical (unpaired) electrons. The van der Waals surface area contributed by atoms with Crippen LogP contribution in [0.1, 0.15) is 24.2 Å². The van der Waals surface area contributed by atoms with Crippen LogP contribution >= 0.6 is 0 Å². The Morgan fingerprint density at radius 2 is 2.09 bits per heavy atom. The predicted molar refractivity (Wildman–Crippen MR) is 84.5 cm³/mol. The number of hydrogen-bond acceptors (Lipinski definition) is 7. The summed E-state index contributed by atoms with van der Waals surface area (Å²) in [5.74, 6) is 1.27. The average molecular weight is 312 g/mol. The largest absolute Gasteiger partial charge is 0.354 e. The predicted octanol–water partition coefficient (Wildman–Crippen LogP) is 0.576. The summed E-state index contributed by atoms with van der Waals surface area (Å²) in [5.41, 5.74) is 1.36. The Balaban J connectivity index is 1.57. The van der Waals surface area contributed by atoms with Crippen molar-refractivity contribution in [3.8, 4) is 6.07 Å². The lowest BCUT2D eigenvalue weighted by atomic mass is 9.97. The third-order valence-electron chi connectivity index (χ3n) is 4.09. The summed E-state index contributed by atoms with van der Waals surface area (Å²) in [5, 5.41) is 20.5. The first-order chi connectivity index (χ1) is 11.3. The molecule has 0 unspecified atom stereocenters. The van der Waals surface area contributed by atoms with Crippen molar-refractivity contribution in [3.05, 3.63) is 30.0 Å². The van der Waals surface area contributed by atoms with Crippen LogP contribution < -0.4 is 10.2 Å². The Morgan fingerprint density at radius 1 is 1.30 bits per heavy atom. The molecule has 0 amide bonds. The standard InChI is InChI=1S/C15H20N8/c1-17-9-13-11-23(21-20-13)10-12-2-6-22(7-3-12)15-14(8-16)18-4-5-19-15/h4-5,11-12,17H,2-3,6-7,9-10H2,1H3. The molecule has 3 heterocycles. The third kappa shape index (κ3) is 3.63. The molecular formula is C15H20N8. The minimum atomic E-state index is 0.402. The van der Waals surface area contributed by atoms with Crippen LogP contribution in [0.2, 0.25) is 0 Å². The van der Waals surface area contributed by atoms with Crippen LogP contribution in [-0.4, -0.2) is 45.1 Å². The van der Waals surface area contributed by atoms with Gasteiger partial charge in [-0.25, -0.2) is 9.97 Å². The summed E-state index contributed by atoms with van der Waals surface area (Å²) in [6.07, 6.45) is 7.29. The molecule has 0 bridgehead atoms. The molecule has 1 aliphatic rings. The Bertz CT molecular complexity index is 681. The van der Waals surface area contributed by atoms with E-state index in [4.69, 9.17) is 5.26 Å². The molecule has 0 spiro atoms.